The molecule has 12 heteroatoms. The van der Waals surface area contributed by atoms with Gasteiger partial charge in [-0.25, -0.2) is 0 Å². The number of rotatable bonds is 6. The predicted molar refractivity (Wildman–Crippen MR) is 148 cm³/mol. The number of carbonyl (C=O) groups excluding carboxylic acids is 2. The van der Waals surface area contributed by atoms with Crippen molar-refractivity contribution in [3.8, 4) is 0 Å². The minimum atomic E-state index is -4.48. The fraction of sp³-hybridized carbons (Fsp3) is 0.259. The number of aryl methyl sites for hydroxylation is 1. The van der Waals surface area contributed by atoms with Gasteiger partial charge in [0.2, 0.25) is 5.91 Å². The van der Waals surface area contributed by atoms with Crippen LogP contribution < -0.4 is 16.0 Å². The van der Waals surface area contributed by atoms with Crippen molar-refractivity contribution in [1.29, 1.82) is 0 Å². The number of fused-ring (bicyclic) bond motifs is 1. The summed E-state index contributed by atoms with van der Waals surface area (Å²) in [5.74, 6) is -0.352. The molecule has 0 bridgehead atoms. The summed E-state index contributed by atoms with van der Waals surface area (Å²) in [6.45, 7) is 7.31. The van der Waals surface area contributed by atoms with E-state index >= 15 is 0 Å². The van der Waals surface area contributed by atoms with E-state index in [4.69, 9.17) is 11.6 Å². The number of benzene rings is 2. The number of hydrogen-bond acceptors (Lipinski definition) is 6. The molecule has 2 aromatic heterocycles. The van der Waals surface area contributed by atoms with Crippen LogP contribution in [0, 0.1) is 12.3 Å². The maximum atomic E-state index is 13.3. The van der Waals surface area contributed by atoms with E-state index in [1.165, 1.54) is 18.3 Å². The number of nitrogens with one attached hydrogen (secondary N) is 3. The highest BCUT2D eigenvalue weighted by molar-refractivity contribution is 7.14. The van der Waals surface area contributed by atoms with Gasteiger partial charge in [-0.3, -0.25) is 14.6 Å². The standard InChI is InChI=1S/C27H25ClF3N5O2S/c1-14-8-9-15(13-33-25(38)26(2,3)4)20(28)19(14)24(37)35-18-10-11-32-21-22(18)39-36-23(21)34-17-7-5-6-16(12-17)27(29,30)31/h5-12H,13H2,1-4H3,(H,33,38)(H,34,36)(H,32,35,37). The average Bonchev–Trinajstić information content (AvgIpc) is 3.26. The lowest BCUT2D eigenvalue weighted by atomic mass is 9.95. The summed E-state index contributed by atoms with van der Waals surface area (Å²) in [5.41, 5.74) is 1.13. The van der Waals surface area contributed by atoms with Crippen LogP contribution in [0.3, 0.4) is 0 Å². The Balaban J connectivity index is 1.58. The monoisotopic (exact) mass is 575 g/mol. The summed E-state index contributed by atoms with van der Waals surface area (Å²) in [6, 6.07) is 9.88. The molecule has 0 atom stereocenters. The maximum Gasteiger partial charge on any atom is 0.416 e. The molecule has 0 spiro atoms. The Labute approximate surface area is 232 Å². The van der Waals surface area contributed by atoms with E-state index in [-0.39, 0.29) is 34.5 Å². The Morgan fingerprint density at radius 2 is 1.82 bits per heavy atom. The van der Waals surface area contributed by atoms with Gasteiger partial charge in [0.25, 0.3) is 5.91 Å². The zero-order valence-corrected chi connectivity index (χ0v) is 23.0. The molecule has 39 heavy (non-hydrogen) atoms. The number of hydrogen-bond donors (Lipinski definition) is 3. The molecular weight excluding hydrogens is 551 g/mol. The van der Waals surface area contributed by atoms with E-state index in [2.05, 4.69) is 25.3 Å². The van der Waals surface area contributed by atoms with Crippen molar-refractivity contribution in [3.63, 3.8) is 0 Å². The average molecular weight is 576 g/mol. The highest BCUT2D eigenvalue weighted by Crippen LogP contribution is 2.35. The number of alkyl halides is 3. The van der Waals surface area contributed by atoms with Gasteiger partial charge in [0.05, 0.1) is 26.5 Å². The first kappa shape index (κ1) is 28.3. The first-order valence-corrected chi connectivity index (χ1v) is 13.0. The molecule has 3 N–H and O–H groups in total. The van der Waals surface area contributed by atoms with Crippen LogP contribution >= 0.6 is 23.1 Å². The second kappa shape index (κ2) is 10.8. The molecular formula is C27H25ClF3N5O2S. The van der Waals surface area contributed by atoms with Crippen molar-refractivity contribution in [2.24, 2.45) is 5.41 Å². The molecule has 0 radical (unpaired) electrons. The Kier molecular flexibility index (Phi) is 7.85. The van der Waals surface area contributed by atoms with Crippen molar-refractivity contribution in [3.05, 3.63) is 75.9 Å². The van der Waals surface area contributed by atoms with Gasteiger partial charge >= 0.3 is 6.18 Å². The molecule has 0 unspecified atom stereocenters. The quantitative estimate of drug-likeness (QED) is 0.224. The van der Waals surface area contributed by atoms with E-state index in [0.717, 1.165) is 23.7 Å². The van der Waals surface area contributed by atoms with Crippen molar-refractivity contribution >= 4 is 62.4 Å². The Bertz CT molecular complexity index is 1560. The van der Waals surface area contributed by atoms with Crippen LogP contribution in [-0.2, 0) is 17.5 Å². The number of amides is 2. The zero-order valence-electron chi connectivity index (χ0n) is 21.5. The number of carbonyl (C=O) groups is 2. The molecule has 4 rings (SSSR count). The minimum Gasteiger partial charge on any atom is -0.352 e. The Morgan fingerprint density at radius 1 is 1.08 bits per heavy atom. The highest BCUT2D eigenvalue weighted by Gasteiger charge is 2.30. The number of aromatic nitrogens is 2. The molecule has 2 amide bonds. The number of halogens is 4. The van der Waals surface area contributed by atoms with Gasteiger partial charge in [-0.15, -0.1) is 0 Å². The van der Waals surface area contributed by atoms with Crippen LogP contribution in [0.25, 0.3) is 10.2 Å². The molecule has 2 heterocycles. The molecule has 0 aliphatic carbocycles. The van der Waals surface area contributed by atoms with E-state index < -0.39 is 23.1 Å². The van der Waals surface area contributed by atoms with Gasteiger partial charge < -0.3 is 16.0 Å². The molecule has 0 fully saturated rings. The highest BCUT2D eigenvalue weighted by atomic mass is 35.5. The van der Waals surface area contributed by atoms with Gasteiger partial charge in [0.1, 0.15) is 5.52 Å². The molecule has 0 saturated carbocycles. The fourth-order valence-corrected chi connectivity index (χ4v) is 4.82. The van der Waals surface area contributed by atoms with Crippen LogP contribution in [0.2, 0.25) is 5.02 Å². The Hall–Kier alpha value is -3.70. The van der Waals surface area contributed by atoms with Crippen LogP contribution in [0.15, 0.2) is 48.7 Å². The summed E-state index contributed by atoms with van der Waals surface area (Å²) in [6.07, 6.45) is -3.01. The lowest BCUT2D eigenvalue weighted by Gasteiger charge is -2.19. The van der Waals surface area contributed by atoms with Gasteiger partial charge in [0.15, 0.2) is 5.82 Å². The van der Waals surface area contributed by atoms with Crippen molar-refractivity contribution in [2.75, 3.05) is 10.6 Å². The smallest absolute Gasteiger partial charge is 0.352 e. The second-order valence-corrected chi connectivity index (χ2v) is 11.0. The molecule has 0 aliphatic rings. The lowest BCUT2D eigenvalue weighted by Crippen LogP contribution is -2.34. The fourth-order valence-electron chi connectivity index (χ4n) is 3.69. The topological polar surface area (TPSA) is 96.0 Å². The van der Waals surface area contributed by atoms with E-state index in [0.29, 0.717) is 27.0 Å². The molecule has 204 valence electrons. The van der Waals surface area contributed by atoms with E-state index in [1.54, 1.807) is 45.9 Å². The van der Waals surface area contributed by atoms with Gasteiger partial charge in [-0.1, -0.05) is 50.6 Å². The van der Waals surface area contributed by atoms with Crippen LogP contribution in [0.4, 0.5) is 30.4 Å². The normalized spacial score (nSPS) is 11.9. The van der Waals surface area contributed by atoms with Gasteiger partial charge in [-0.05, 0) is 53.8 Å². The molecule has 7 nitrogen and oxygen atoms in total. The third-order valence-corrected chi connectivity index (χ3v) is 7.14. The van der Waals surface area contributed by atoms with Crippen LogP contribution in [-0.4, -0.2) is 21.2 Å². The number of nitrogens with zero attached hydrogens (tertiary/aromatic N) is 2. The van der Waals surface area contributed by atoms with Gasteiger partial charge in [0, 0.05) is 23.8 Å². The second-order valence-electron chi connectivity index (χ2n) is 9.89. The third kappa shape index (κ3) is 6.31. The third-order valence-electron chi connectivity index (χ3n) is 5.84. The molecule has 2 aromatic carbocycles. The summed E-state index contributed by atoms with van der Waals surface area (Å²) >= 11 is 7.65. The maximum absolute atomic E-state index is 13.3. The number of anilines is 3. The molecule has 0 saturated heterocycles. The summed E-state index contributed by atoms with van der Waals surface area (Å²) in [7, 11) is 0. The summed E-state index contributed by atoms with van der Waals surface area (Å²) in [4.78, 5) is 29.9. The van der Waals surface area contributed by atoms with Crippen molar-refractivity contribution in [2.45, 2.75) is 40.4 Å². The van der Waals surface area contributed by atoms with E-state index in [9.17, 15) is 22.8 Å². The SMILES string of the molecule is Cc1ccc(CNC(=O)C(C)(C)C)c(Cl)c1C(=O)Nc1ccnc2c(Nc3cccc(C(F)(F)F)c3)nsc12. The minimum absolute atomic E-state index is 0.149. The van der Waals surface area contributed by atoms with Gasteiger partial charge in [-0.2, -0.15) is 17.5 Å². The van der Waals surface area contributed by atoms with Crippen molar-refractivity contribution in [1.82, 2.24) is 14.7 Å². The predicted octanol–water partition coefficient (Wildman–Crippen LogP) is 7.33. The van der Waals surface area contributed by atoms with Crippen LogP contribution in [0.1, 0.15) is 47.8 Å². The lowest BCUT2D eigenvalue weighted by molar-refractivity contribution is -0.137. The summed E-state index contributed by atoms with van der Waals surface area (Å²) < 4.78 is 44.1. The first-order chi connectivity index (χ1) is 18.3. The first-order valence-electron chi connectivity index (χ1n) is 11.8. The summed E-state index contributed by atoms with van der Waals surface area (Å²) in [5, 5.41) is 8.79. The van der Waals surface area contributed by atoms with Crippen molar-refractivity contribution < 1.29 is 22.8 Å². The number of pyridine rings is 1. The van der Waals surface area contributed by atoms with Crippen LogP contribution in [0.5, 0.6) is 0 Å². The molecule has 4 aromatic rings. The molecule has 0 aliphatic heterocycles. The zero-order chi connectivity index (χ0) is 28.5. The Morgan fingerprint density at radius 3 is 2.51 bits per heavy atom. The largest absolute Gasteiger partial charge is 0.416 e. The van der Waals surface area contributed by atoms with E-state index in [1.807, 2.05) is 0 Å².